The second-order valence-corrected chi connectivity index (χ2v) is 8.56. The van der Waals surface area contributed by atoms with Gasteiger partial charge in [-0.2, -0.15) is 4.98 Å². The third-order valence-corrected chi connectivity index (χ3v) is 6.47. The van der Waals surface area contributed by atoms with Crippen molar-refractivity contribution in [2.45, 2.75) is 57.9 Å². The second kappa shape index (κ2) is 7.91. The molecule has 0 N–H and O–H groups in total. The molecule has 1 aliphatic carbocycles. The summed E-state index contributed by atoms with van der Waals surface area (Å²) in [5.74, 6) is 2.59. The van der Waals surface area contributed by atoms with E-state index in [1.165, 1.54) is 12.1 Å². The van der Waals surface area contributed by atoms with Crippen molar-refractivity contribution in [1.29, 1.82) is 0 Å². The molecule has 0 amide bonds. The number of unbranched alkanes of at least 4 members (excludes halogenated alkanes) is 1. The zero-order valence-electron chi connectivity index (χ0n) is 17.2. The van der Waals surface area contributed by atoms with E-state index in [1.807, 2.05) is 0 Å². The van der Waals surface area contributed by atoms with Gasteiger partial charge in [-0.1, -0.05) is 24.6 Å². The average Bonchev–Trinajstić information content (AvgIpc) is 3.11. The van der Waals surface area contributed by atoms with Crippen molar-refractivity contribution in [3.8, 4) is 11.5 Å². The summed E-state index contributed by atoms with van der Waals surface area (Å²) in [5.41, 5.74) is 0.875. The highest BCUT2D eigenvalue weighted by molar-refractivity contribution is 5.52. The maximum atomic E-state index is 13.5. The highest BCUT2D eigenvalue weighted by Gasteiger charge is 2.58. The van der Waals surface area contributed by atoms with Crippen LogP contribution in [0.25, 0.3) is 11.5 Å². The van der Waals surface area contributed by atoms with Gasteiger partial charge >= 0.3 is 0 Å². The summed E-state index contributed by atoms with van der Waals surface area (Å²) in [6, 6.07) is 6.26. The number of aromatic nitrogens is 4. The van der Waals surface area contributed by atoms with E-state index in [1.54, 1.807) is 12.1 Å². The Labute approximate surface area is 174 Å². The third-order valence-electron chi connectivity index (χ3n) is 6.47. The van der Waals surface area contributed by atoms with Gasteiger partial charge in [0.2, 0.25) is 17.7 Å². The molecule has 1 saturated heterocycles. The molecule has 8 heteroatoms. The molecule has 30 heavy (non-hydrogen) atoms. The number of rotatable bonds is 7. The van der Waals surface area contributed by atoms with Gasteiger partial charge in [0.25, 0.3) is 0 Å². The molecule has 1 spiro atoms. The lowest BCUT2D eigenvalue weighted by Crippen LogP contribution is -2.34. The van der Waals surface area contributed by atoms with Crippen molar-refractivity contribution in [2.24, 2.45) is 5.41 Å². The first-order valence-electron chi connectivity index (χ1n) is 10.8. The minimum Gasteiger partial charge on any atom is -0.420 e. The molecule has 1 atom stereocenters. The summed E-state index contributed by atoms with van der Waals surface area (Å²) in [5, 5.41) is 12.5. The number of hydrogen-bond donors (Lipinski definition) is 0. The van der Waals surface area contributed by atoms with Crippen LogP contribution in [-0.2, 0) is 13.0 Å². The number of benzene rings is 1. The maximum absolute atomic E-state index is 13.5. The van der Waals surface area contributed by atoms with Crippen LogP contribution in [0.5, 0.6) is 0 Å². The van der Waals surface area contributed by atoms with E-state index in [-0.39, 0.29) is 11.2 Å². The molecule has 2 aliphatic rings. The lowest BCUT2D eigenvalue weighted by Gasteiger charge is -2.31. The minimum atomic E-state index is -0.304. The number of aryl methyl sites for hydroxylation is 1. The normalized spacial score (nSPS) is 20.7. The first-order chi connectivity index (χ1) is 14.6. The van der Waals surface area contributed by atoms with Crippen LogP contribution in [0.1, 0.15) is 62.6 Å². The van der Waals surface area contributed by atoms with Crippen LogP contribution in [0.4, 0.5) is 4.39 Å². The number of halogens is 1. The number of piperidine rings is 1. The Morgan fingerprint density at radius 1 is 1.23 bits per heavy atom. The van der Waals surface area contributed by atoms with Gasteiger partial charge in [-0.05, 0) is 62.4 Å². The molecule has 158 valence electrons. The van der Waals surface area contributed by atoms with Crippen LogP contribution in [0.2, 0.25) is 0 Å². The SMILES string of the molecule is CCCCc1noc(CN2CCC3(CC2)C[C@@H]3c2nnc(-c3cccc(F)c3)o2)n1. The molecular weight excluding hydrogens is 385 g/mol. The van der Waals surface area contributed by atoms with Crippen molar-refractivity contribution in [2.75, 3.05) is 13.1 Å². The Bertz CT molecular complexity index is 1010. The van der Waals surface area contributed by atoms with Gasteiger partial charge in [0, 0.05) is 17.9 Å². The molecule has 0 bridgehead atoms. The van der Waals surface area contributed by atoms with Crippen LogP contribution in [0, 0.1) is 11.2 Å². The van der Waals surface area contributed by atoms with Gasteiger partial charge in [0.1, 0.15) is 5.82 Å². The predicted molar refractivity (Wildman–Crippen MR) is 107 cm³/mol. The van der Waals surface area contributed by atoms with E-state index in [0.29, 0.717) is 35.7 Å². The molecule has 0 unspecified atom stereocenters. The molecule has 3 aromatic rings. The van der Waals surface area contributed by atoms with Gasteiger partial charge in [-0.25, -0.2) is 4.39 Å². The lowest BCUT2D eigenvalue weighted by atomic mass is 9.91. The van der Waals surface area contributed by atoms with Crippen LogP contribution >= 0.6 is 0 Å². The number of likely N-dealkylation sites (tertiary alicyclic amines) is 1. The van der Waals surface area contributed by atoms with Gasteiger partial charge in [0.05, 0.1) is 6.54 Å². The van der Waals surface area contributed by atoms with E-state index in [4.69, 9.17) is 8.94 Å². The molecule has 2 aromatic heterocycles. The largest absolute Gasteiger partial charge is 0.420 e. The van der Waals surface area contributed by atoms with Crippen molar-refractivity contribution < 1.29 is 13.3 Å². The highest BCUT2D eigenvalue weighted by atomic mass is 19.1. The Hall–Kier alpha value is -2.61. The summed E-state index contributed by atoms with van der Waals surface area (Å²) >= 11 is 0. The van der Waals surface area contributed by atoms with E-state index < -0.39 is 0 Å². The summed E-state index contributed by atoms with van der Waals surface area (Å²) in [4.78, 5) is 6.89. The van der Waals surface area contributed by atoms with Crippen LogP contribution in [0.3, 0.4) is 0 Å². The van der Waals surface area contributed by atoms with Gasteiger partial charge in [-0.15, -0.1) is 10.2 Å². The van der Waals surface area contributed by atoms with Crippen LogP contribution < -0.4 is 0 Å². The fraction of sp³-hybridized carbons (Fsp3) is 0.545. The summed E-state index contributed by atoms with van der Waals surface area (Å²) in [6.07, 6.45) is 6.35. The molecule has 5 rings (SSSR count). The highest BCUT2D eigenvalue weighted by Crippen LogP contribution is 2.64. The molecule has 0 radical (unpaired) electrons. The lowest BCUT2D eigenvalue weighted by molar-refractivity contribution is 0.144. The third kappa shape index (κ3) is 3.88. The maximum Gasteiger partial charge on any atom is 0.247 e. The number of hydrogen-bond acceptors (Lipinski definition) is 7. The quantitative estimate of drug-likeness (QED) is 0.571. The molecule has 3 heterocycles. The molecular formula is C22H26FN5O2. The van der Waals surface area contributed by atoms with Crippen molar-refractivity contribution >= 4 is 0 Å². The molecule has 1 aromatic carbocycles. The van der Waals surface area contributed by atoms with E-state index in [9.17, 15) is 4.39 Å². The molecule has 7 nitrogen and oxygen atoms in total. The molecule has 1 saturated carbocycles. The Balaban J connectivity index is 1.16. The fourth-order valence-electron chi connectivity index (χ4n) is 4.50. The van der Waals surface area contributed by atoms with Crippen molar-refractivity contribution in [3.63, 3.8) is 0 Å². The second-order valence-electron chi connectivity index (χ2n) is 8.56. The fourth-order valence-corrected chi connectivity index (χ4v) is 4.50. The molecule has 2 fully saturated rings. The predicted octanol–water partition coefficient (Wildman–Crippen LogP) is 4.37. The standard InChI is InChI=1S/C22H26FN5O2/c1-2-3-7-18-24-19(30-27-18)14-28-10-8-22(9-11-28)13-17(22)21-26-25-20(29-21)15-5-4-6-16(23)12-15/h4-6,12,17H,2-3,7-11,13-14H2,1H3/t17-/m1/s1. The summed E-state index contributed by atoms with van der Waals surface area (Å²) in [7, 11) is 0. The topological polar surface area (TPSA) is 81.1 Å². The van der Waals surface area contributed by atoms with Crippen LogP contribution in [-0.4, -0.2) is 38.3 Å². The Morgan fingerprint density at radius 3 is 2.90 bits per heavy atom. The average molecular weight is 411 g/mol. The minimum absolute atomic E-state index is 0.253. The first kappa shape index (κ1) is 19.4. The Morgan fingerprint density at radius 2 is 2.10 bits per heavy atom. The van der Waals surface area contributed by atoms with Gasteiger partial charge in [0.15, 0.2) is 5.82 Å². The first-order valence-corrected chi connectivity index (χ1v) is 10.8. The number of nitrogens with zero attached hydrogens (tertiary/aromatic N) is 5. The van der Waals surface area contributed by atoms with Crippen molar-refractivity contribution in [3.05, 3.63) is 47.7 Å². The zero-order chi connectivity index (χ0) is 20.6. The van der Waals surface area contributed by atoms with Crippen molar-refractivity contribution in [1.82, 2.24) is 25.2 Å². The Kier molecular flexibility index (Phi) is 5.10. The summed E-state index contributed by atoms with van der Waals surface area (Å²) < 4.78 is 24.8. The van der Waals surface area contributed by atoms with Gasteiger partial charge in [-0.3, -0.25) is 4.90 Å². The monoisotopic (exact) mass is 411 g/mol. The zero-order valence-corrected chi connectivity index (χ0v) is 17.2. The van der Waals surface area contributed by atoms with E-state index >= 15 is 0 Å². The van der Waals surface area contributed by atoms with Gasteiger partial charge < -0.3 is 8.94 Å². The van der Waals surface area contributed by atoms with E-state index in [2.05, 4.69) is 32.2 Å². The molecule has 1 aliphatic heterocycles. The van der Waals surface area contributed by atoms with E-state index in [0.717, 1.165) is 57.4 Å². The smallest absolute Gasteiger partial charge is 0.247 e. The van der Waals surface area contributed by atoms with Crippen LogP contribution in [0.15, 0.2) is 33.2 Å². The summed E-state index contributed by atoms with van der Waals surface area (Å²) in [6.45, 7) is 4.86.